The molecule has 1 amide bonds. The first-order valence-corrected chi connectivity index (χ1v) is 14.1. The fourth-order valence-corrected chi connectivity index (χ4v) is 5.35. The second-order valence-electron chi connectivity index (χ2n) is 10.1. The molecule has 2 atom stereocenters. The number of nitrogens with one attached hydrogen (secondary N) is 2. The van der Waals surface area contributed by atoms with Crippen molar-refractivity contribution in [3.8, 4) is 0 Å². The number of aromatic nitrogens is 2. The Bertz CT molecular complexity index is 1050. The van der Waals surface area contributed by atoms with Crippen LogP contribution in [0.3, 0.4) is 0 Å². The van der Waals surface area contributed by atoms with Gasteiger partial charge in [-0.1, -0.05) is 44.4 Å². The average molecular weight is 560 g/mol. The maximum Gasteiger partial charge on any atom is 1.00 e. The third kappa shape index (κ3) is 9.65. The summed E-state index contributed by atoms with van der Waals surface area (Å²) in [5.41, 5.74) is 4.42. The molecule has 2 unspecified atom stereocenters. The minimum Gasteiger partial charge on any atom is -0.820 e. The summed E-state index contributed by atoms with van der Waals surface area (Å²) < 4.78 is 0. The van der Waals surface area contributed by atoms with Gasteiger partial charge in [0.15, 0.2) is 0 Å². The van der Waals surface area contributed by atoms with E-state index in [1.807, 2.05) is 0 Å². The first-order valence-electron chi connectivity index (χ1n) is 12.9. The zero-order valence-corrected chi connectivity index (χ0v) is 28.0. The zero-order chi connectivity index (χ0) is 25.7. The molecule has 2 aromatic rings. The summed E-state index contributed by atoms with van der Waals surface area (Å²) in [7, 11) is -3.12. The summed E-state index contributed by atoms with van der Waals surface area (Å²) in [6, 6.07) is 6.85. The number of hydrogen-bond acceptors (Lipinski definition) is 8. The van der Waals surface area contributed by atoms with Crippen molar-refractivity contribution in [1.29, 1.82) is 0 Å². The van der Waals surface area contributed by atoms with Gasteiger partial charge >= 0.3 is 59.1 Å². The van der Waals surface area contributed by atoms with E-state index in [-0.39, 0.29) is 71.1 Å². The van der Waals surface area contributed by atoms with E-state index in [9.17, 15) is 4.79 Å². The Morgan fingerprint density at radius 1 is 1.16 bits per heavy atom. The number of anilines is 2. The number of amides is 1. The molecule has 1 saturated heterocycles. The topological polar surface area (TPSA) is 136 Å². The average Bonchev–Trinajstić information content (AvgIpc) is 3.47. The molecule has 0 radical (unpaired) electrons. The molecule has 2 heterocycles. The van der Waals surface area contributed by atoms with Gasteiger partial charge in [-0.3, -0.25) is 4.79 Å². The molecule has 3 aliphatic rings. The molecule has 1 aliphatic heterocycles. The van der Waals surface area contributed by atoms with Crippen LogP contribution in [0.2, 0.25) is 0 Å². The largest absolute Gasteiger partial charge is 1.00 e. The van der Waals surface area contributed by atoms with Crippen molar-refractivity contribution in [2.24, 2.45) is 11.8 Å². The van der Waals surface area contributed by atoms with Gasteiger partial charge in [-0.2, -0.15) is 13.6 Å². The van der Waals surface area contributed by atoms with Crippen molar-refractivity contribution in [2.45, 2.75) is 71.4 Å². The van der Waals surface area contributed by atoms with Crippen molar-refractivity contribution in [3.05, 3.63) is 46.6 Å². The molecular weight excluding hydrogens is 523 g/mol. The summed E-state index contributed by atoms with van der Waals surface area (Å²) in [5, 5.41) is 6.69. The maximum atomic E-state index is 13.1. The van der Waals surface area contributed by atoms with Crippen molar-refractivity contribution in [3.63, 3.8) is 0 Å². The van der Waals surface area contributed by atoms with Crippen LogP contribution >= 0.6 is 8.60 Å². The Morgan fingerprint density at radius 3 is 2.42 bits per heavy atom. The van der Waals surface area contributed by atoms with Gasteiger partial charge in [-0.05, 0) is 61.1 Å². The molecule has 9 nitrogen and oxygen atoms in total. The SMILES string of the molecule is CCc1ccc(CNc2nc(N3CC4CC4C3)ncc2C(=O)NC2CCCCC2)cc1C.[Na+].[Na+].[O-]P([O-])O. The summed E-state index contributed by atoms with van der Waals surface area (Å²) in [4.78, 5) is 49.0. The number of carbonyl (C=O) groups excluding carboxylic acids is 1. The molecule has 1 aromatic heterocycles. The van der Waals surface area contributed by atoms with Gasteiger partial charge in [-0.25, -0.2) is 4.98 Å². The molecular formula is C26H36N5Na2O4P. The first-order chi connectivity index (χ1) is 17.3. The molecule has 0 spiro atoms. The minimum absolute atomic E-state index is 0. The Morgan fingerprint density at radius 2 is 1.82 bits per heavy atom. The standard InChI is InChI=1S/C26H35N5O.2Na.HO3P/c1-3-19-10-9-18(11-17(19)2)13-27-24-23(25(32)29-22-7-5-4-6-8-22)14-28-26(30-24)31-15-20-12-21(20)16-31;;;1-4(2)3/h9-11,14,20-22H,3-8,12-13,15-16H2,1-2H3,(H,29,32)(H,27,28,30);;;1H/q;2*+1;-2. The van der Waals surface area contributed by atoms with E-state index < -0.39 is 8.60 Å². The van der Waals surface area contributed by atoms with Crippen LogP contribution in [0.5, 0.6) is 0 Å². The number of nitrogens with zero attached hydrogens (tertiary/aromatic N) is 3. The molecule has 0 bridgehead atoms. The van der Waals surface area contributed by atoms with E-state index in [0.717, 1.165) is 50.1 Å². The van der Waals surface area contributed by atoms with E-state index in [1.54, 1.807) is 6.20 Å². The number of fused-ring (bicyclic) bond motifs is 1. The fraction of sp³-hybridized carbons (Fsp3) is 0.577. The third-order valence-electron chi connectivity index (χ3n) is 7.47. The van der Waals surface area contributed by atoms with Crippen molar-refractivity contribution < 1.29 is 78.6 Å². The number of rotatable bonds is 7. The van der Waals surface area contributed by atoms with Gasteiger partial charge in [0.05, 0.1) is 0 Å². The van der Waals surface area contributed by atoms with Crippen molar-refractivity contribution in [1.82, 2.24) is 15.3 Å². The van der Waals surface area contributed by atoms with Crippen LogP contribution in [-0.2, 0) is 13.0 Å². The number of hydrogen-bond donors (Lipinski definition) is 3. The van der Waals surface area contributed by atoms with E-state index in [1.165, 1.54) is 42.4 Å². The Hall–Kier alpha value is -0.320. The van der Waals surface area contributed by atoms with Crippen LogP contribution in [0.4, 0.5) is 11.8 Å². The van der Waals surface area contributed by atoms with Gasteiger partial charge < -0.3 is 30.2 Å². The first kappa shape index (κ1) is 33.9. The monoisotopic (exact) mass is 559 g/mol. The van der Waals surface area contributed by atoms with Crippen LogP contribution in [0, 0.1) is 18.8 Å². The summed E-state index contributed by atoms with van der Waals surface area (Å²) in [5.74, 6) is 2.94. The molecule has 3 fully saturated rings. The normalized spacial score (nSPS) is 19.9. The minimum atomic E-state index is -3.12. The van der Waals surface area contributed by atoms with Crippen LogP contribution in [0.25, 0.3) is 0 Å². The molecule has 5 rings (SSSR count). The predicted molar refractivity (Wildman–Crippen MR) is 137 cm³/mol. The van der Waals surface area contributed by atoms with Crippen LogP contribution in [0.15, 0.2) is 24.4 Å². The predicted octanol–water partition coefficient (Wildman–Crippen LogP) is -3.59. The van der Waals surface area contributed by atoms with E-state index in [0.29, 0.717) is 17.9 Å². The van der Waals surface area contributed by atoms with E-state index in [4.69, 9.17) is 19.7 Å². The van der Waals surface area contributed by atoms with Gasteiger partial charge in [0.1, 0.15) is 11.4 Å². The van der Waals surface area contributed by atoms with Crippen LogP contribution in [0.1, 0.15) is 72.5 Å². The molecule has 38 heavy (non-hydrogen) atoms. The van der Waals surface area contributed by atoms with Gasteiger partial charge in [-0.15, -0.1) is 0 Å². The summed E-state index contributed by atoms with van der Waals surface area (Å²) in [6.45, 7) is 7.05. The number of carbonyl (C=O) groups is 1. The molecule has 1 aromatic carbocycles. The summed E-state index contributed by atoms with van der Waals surface area (Å²) >= 11 is 0. The second kappa shape index (κ2) is 16.2. The number of benzene rings is 1. The molecule has 2 saturated carbocycles. The Balaban J connectivity index is 0.000000791. The maximum absolute atomic E-state index is 13.1. The van der Waals surface area contributed by atoms with E-state index in [2.05, 4.69) is 52.6 Å². The fourth-order valence-electron chi connectivity index (χ4n) is 5.35. The van der Waals surface area contributed by atoms with Gasteiger partial charge in [0.25, 0.3) is 5.91 Å². The molecule has 196 valence electrons. The van der Waals surface area contributed by atoms with Crippen molar-refractivity contribution in [2.75, 3.05) is 23.3 Å². The van der Waals surface area contributed by atoms with Crippen molar-refractivity contribution >= 4 is 26.3 Å². The van der Waals surface area contributed by atoms with E-state index >= 15 is 0 Å². The summed E-state index contributed by atoms with van der Waals surface area (Å²) in [6.07, 6.45) is 9.88. The third-order valence-corrected chi connectivity index (χ3v) is 7.47. The van der Waals surface area contributed by atoms with Gasteiger partial charge in [0, 0.05) is 31.9 Å². The molecule has 2 aliphatic carbocycles. The smallest absolute Gasteiger partial charge is 0.820 e. The zero-order valence-electron chi connectivity index (χ0n) is 23.1. The Kier molecular flexibility index (Phi) is 14.4. The molecule has 12 heteroatoms. The number of aryl methyl sites for hydroxylation is 2. The quantitative estimate of drug-likeness (QED) is 0.234. The Labute approximate surface area is 271 Å². The van der Waals surface area contributed by atoms with Gasteiger partial charge in [0.2, 0.25) is 5.95 Å². The molecule has 3 N–H and O–H groups in total. The second-order valence-corrected chi connectivity index (χ2v) is 10.6. The number of piperidine rings is 1. The van der Waals surface area contributed by atoms with Crippen LogP contribution < -0.4 is 84.4 Å². The van der Waals surface area contributed by atoms with Crippen LogP contribution in [-0.4, -0.2) is 39.9 Å².